The molecule has 0 aromatic heterocycles. The second-order valence-electron chi connectivity index (χ2n) is 8.33. The fourth-order valence-corrected chi connectivity index (χ4v) is 4.30. The average Bonchev–Trinajstić information content (AvgIpc) is 2.67. The Hall–Kier alpha value is -2.95. The largest absolute Gasteiger partial charge is 0.508 e. The van der Waals surface area contributed by atoms with Crippen LogP contribution in [0, 0.1) is 0 Å². The molecule has 0 radical (unpaired) electrons. The highest BCUT2D eigenvalue weighted by molar-refractivity contribution is 5.85. The topological polar surface area (TPSA) is 74.7 Å². The van der Waals surface area contributed by atoms with E-state index in [1.165, 1.54) is 6.92 Å². The zero-order valence-corrected chi connectivity index (χ0v) is 17.7. The first-order valence-electron chi connectivity index (χ1n) is 10.5. The van der Waals surface area contributed by atoms with Crippen LogP contribution in [0.2, 0.25) is 0 Å². The SMILES string of the molecule is CC(=O)Cc1cccc(CN(CC(C)=O)C(=O)CC2CCCc3cc(O)ccc32)c1. The van der Waals surface area contributed by atoms with Crippen molar-refractivity contribution in [2.24, 2.45) is 0 Å². The predicted octanol–water partition coefficient (Wildman–Crippen LogP) is 3.95. The highest BCUT2D eigenvalue weighted by atomic mass is 16.3. The number of ketones is 2. The van der Waals surface area contributed by atoms with E-state index in [9.17, 15) is 19.5 Å². The van der Waals surface area contributed by atoms with Crippen LogP contribution >= 0.6 is 0 Å². The number of phenolic OH excluding ortho intramolecular Hbond substituents is 1. The standard InChI is InChI=1S/C25H29NO4/c1-17(27)11-19-5-3-6-20(12-19)16-26(15-18(2)28)25(30)14-22-8-4-7-21-13-23(29)9-10-24(21)22/h3,5-6,9-10,12-13,22,29H,4,7-8,11,14-16H2,1-2H3. The Bertz CT molecular complexity index is 950. The highest BCUT2D eigenvalue weighted by Crippen LogP contribution is 2.36. The Morgan fingerprint density at radius 3 is 2.53 bits per heavy atom. The third-order valence-electron chi connectivity index (χ3n) is 5.57. The Balaban J connectivity index is 1.75. The summed E-state index contributed by atoms with van der Waals surface area (Å²) in [6.07, 6.45) is 3.52. The molecule has 0 saturated heterocycles. The lowest BCUT2D eigenvalue weighted by Crippen LogP contribution is -2.35. The third-order valence-corrected chi connectivity index (χ3v) is 5.57. The molecular formula is C25H29NO4. The monoisotopic (exact) mass is 407 g/mol. The van der Waals surface area contributed by atoms with Crippen molar-refractivity contribution in [3.05, 3.63) is 64.7 Å². The van der Waals surface area contributed by atoms with Gasteiger partial charge in [0.25, 0.3) is 0 Å². The number of phenols is 1. The third kappa shape index (κ3) is 5.78. The molecule has 1 unspecified atom stereocenters. The van der Waals surface area contributed by atoms with Crippen molar-refractivity contribution in [1.29, 1.82) is 0 Å². The lowest BCUT2D eigenvalue weighted by atomic mass is 9.80. The van der Waals surface area contributed by atoms with Crippen LogP contribution in [0.3, 0.4) is 0 Å². The Morgan fingerprint density at radius 2 is 1.80 bits per heavy atom. The summed E-state index contributed by atoms with van der Waals surface area (Å²) in [5.74, 6) is 0.334. The number of aromatic hydroxyl groups is 1. The predicted molar refractivity (Wildman–Crippen MR) is 115 cm³/mol. The summed E-state index contributed by atoms with van der Waals surface area (Å²) in [7, 11) is 0. The molecule has 0 saturated carbocycles. The minimum Gasteiger partial charge on any atom is -0.508 e. The average molecular weight is 408 g/mol. The fourth-order valence-electron chi connectivity index (χ4n) is 4.30. The Labute approximate surface area is 177 Å². The van der Waals surface area contributed by atoms with Gasteiger partial charge in [0.15, 0.2) is 0 Å². The molecule has 5 heteroatoms. The molecule has 2 aromatic carbocycles. The number of rotatable bonds is 8. The van der Waals surface area contributed by atoms with Gasteiger partial charge < -0.3 is 10.0 Å². The number of hydrogen-bond acceptors (Lipinski definition) is 4. The van der Waals surface area contributed by atoms with Crippen molar-refractivity contribution < 1.29 is 19.5 Å². The van der Waals surface area contributed by atoms with Crippen molar-refractivity contribution in [3.8, 4) is 5.75 Å². The van der Waals surface area contributed by atoms with Crippen LogP contribution in [-0.4, -0.2) is 34.0 Å². The van der Waals surface area contributed by atoms with Gasteiger partial charge in [-0.25, -0.2) is 0 Å². The molecule has 3 rings (SSSR count). The van der Waals surface area contributed by atoms with Gasteiger partial charge in [-0.15, -0.1) is 0 Å². The van der Waals surface area contributed by atoms with E-state index in [0.29, 0.717) is 19.4 Å². The van der Waals surface area contributed by atoms with Crippen molar-refractivity contribution in [1.82, 2.24) is 4.90 Å². The van der Waals surface area contributed by atoms with Crippen LogP contribution < -0.4 is 0 Å². The van der Waals surface area contributed by atoms with Gasteiger partial charge in [-0.3, -0.25) is 14.4 Å². The first kappa shape index (κ1) is 21.8. The number of Topliss-reactive ketones (excluding diaryl/α,β-unsaturated/α-hetero) is 2. The zero-order valence-electron chi connectivity index (χ0n) is 17.7. The molecule has 1 N–H and O–H groups in total. The zero-order chi connectivity index (χ0) is 21.7. The van der Waals surface area contributed by atoms with Gasteiger partial charge >= 0.3 is 0 Å². The lowest BCUT2D eigenvalue weighted by molar-refractivity contribution is -0.136. The molecule has 1 aliphatic carbocycles. The van der Waals surface area contributed by atoms with E-state index in [1.54, 1.807) is 24.0 Å². The molecule has 0 bridgehead atoms. The van der Waals surface area contributed by atoms with E-state index in [-0.39, 0.29) is 35.7 Å². The van der Waals surface area contributed by atoms with E-state index in [4.69, 9.17) is 0 Å². The first-order valence-corrected chi connectivity index (χ1v) is 10.5. The molecule has 5 nitrogen and oxygen atoms in total. The quantitative estimate of drug-likeness (QED) is 0.719. The number of carbonyl (C=O) groups excluding carboxylic acids is 3. The van der Waals surface area contributed by atoms with Crippen molar-refractivity contribution in [2.75, 3.05) is 6.54 Å². The number of aryl methyl sites for hydroxylation is 1. The van der Waals surface area contributed by atoms with E-state index in [0.717, 1.165) is 41.5 Å². The van der Waals surface area contributed by atoms with Gasteiger partial charge in [0, 0.05) is 19.4 Å². The summed E-state index contributed by atoms with van der Waals surface area (Å²) in [6.45, 7) is 3.47. The number of amides is 1. The number of benzene rings is 2. The maximum absolute atomic E-state index is 13.2. The maximum atomic E-state index is 13.2. The minimum atomic E-state index is -0.0581. The van der Waals surface area contributed by atoms with Gasteiger partial charge in [-0.2, -0.15) is 0 Å². The normalized spacial score (nSPS) is 15.3. The fraction of sp³-hybridized carbons (Fsp3) is 0.400. The molecule has 30 heavy (non-hydrogen) atoms. The van der Waals surface area contributed by atoms with Crippen LogP contribution in [0.15, 0.2) is 42.5 Å². The Kier molecular flexibility index (Phi) is 7.03. The van der Waals surface area contributed by atoms with Gasteiger partial charge in [-0.05, 0) is 73.4 Å². The summed E-state index contributed by atoms with van der Waals surface area (Å²) in [5, 5.41) is 9.75. The minimum absolute atomic E-state index is 0.0481. The van der Waals surface area contributed by atoms with E-state index in [1.807, 2.05) is 30.3 Å². The number of nitrogens with zero attached hydrogens (tertiary/aromatic N) is 1. The molecule has 2 aromatic rings. The van der Waals surface area contributed by atoms with Crippen molar-refractivity contribution in [2.45, 2.75) is 58.4 Å². The van der Waals surface area contributed by atoms with E-state index >= 15 is 0 Å². The van der Waals surface area contributed by atoms with Gasteiger partial charge in [-0.1, -0.05) is 30.3 Å². The smallest absolute Gasteiger partial charge is 0.223 e. The van der Waals surface area contributed by atoms with Gasteiger partial charge in [0.2, 0.25) is 5.91 Å². The lowest BCUT2D eigenvalue weighted by Gasteiger charge is -2.28. The number of carbonyl (C=O) groups is 3. The molecule has 0 aliphatic heterocycles. The summed E-state index contributed by atoms with van der Waals surface area (Å²) in [4.78, 5) is 38.0. The van der Waals surface area contributed by atoms with E-state index < -0.39 is 0 Å². The summed E-state index contributed by atoms with van der Waals surface area (Å²) in [6, 6.07) is 13.0. The molecule has 0 fully saturated rings. The first-order chi connectivity index (χ1) is 14.3. The maximum Gasteiger partial charge on any atom is 0.223 e. The van der Waals surface area contributed by atoms with Crippen LogP contribution in [0.25, 0.3) is 0 Å². The van der Waals surface area contributed by atoms with Crippen LogP contribution in [0.4, 0.5) is 0 Å². The molecule has 158 valence electrons. The molecule has 0 spiro atoms. The van der Waals surface area contributed by atoms with Crippen LogP contribution in [-0.2, 0) is 33.8 Å². The number of fused-ring (bicyclic) bond motifs is 1. The van der Waals surface area contributed by atoms with Crippen molar-refractivity contribution in [3.63, 3.8) is 0 Å². The number of hydrogen-bond donors (Lipinski definition) is 1. The summed E-state index contributed by atoms with van der Waals surface area (Å²) >= 11 is 0. The molecule has 1 atom stereocenters. The molecular weight excluding hydrogens is 378 g/mol. The second kappa shape index (κ2) is 9.70. The second-order valence-corrected chi connectivity index (χ2v) is 8.33. The van der Waals surface area contributed by atoms with Crippen LogP contribution in [0.1, 0.15) is 61.3 Å². The van der Waals surface area contributed by atoms with Crippen LogP contribution in [0.5, 0.6) is 5.75 Å². The summed E-state index contributed by atoms with van der Waals surface area (Å²) in [5.41, 5.74) is 4.06. The highest BCUT2D eigenvalue weighted by Gasteiger charge is 2.26. The van der Waals surface area contributed by atoms with E-state index in [2.05, 4.69) is 0 Å². The Morgan fingerprint density at radius 1 is 1.03 bits per heavy atom. The molecule has 0 heterocycles. The summed E-state index contributed by atoms with van der Waals surface area (Å²) < 4.78 is 0. The molecule has 1 amide bonds. The van der Waals surface area contributed by atoms with Crippen molar-refractivity contribution >= 4 is 17.5 Å². The van der Waals surface area contributed by atoms with Gasteiger partial charge in [0.1, 0.15) is 17.3 Å². The molecule has 1 aliphatic rings. The van der Waals surface area contributed by atoms with Gasteiger partial charge in [0.05, 0.1) is 6.54 Å².